The highest BCUT2D eigenvalue weighted by atomic mass is 35.5. The summed E-state index contributed by atoms with van der Waals surface area (Å²) in [6.07, 6.45) is 1.18. The Bertz CT molecular complexity index is 2100. The van der Waals surface area contributed by atoms with E-state index in [0.717, 1.165) is 78.2 Å². The molecule has 0 radical (unpaired) electrons. The van der Waals surface area contributed by atoms with Crippen molar-refractivity contribution in [3.05, 3.63) is 97.1 Å². The van der Waals surface area contributed by atoms with Crippen molar-refractivity contribution >= 4 is 46.4 Å². The van der Waals surface area contributed by atoms with Crippen LogP contribution in [-0.2, 0) is 22.7 Å². The van der Waals surface area contributed by atoms with Crippen molar-refractivity contribution in [2.45, 2.75) is 65.2 Å². The van der Waals surface area contributed by atoms with Crippen molar-refractivity contribution in [1.29, 1.82) is 0 Å². The molecule has 0 aliphatic carbocycles. The molecular formula is C37H38ClFN8O3S. The van der Waals surface area contributed by atoms with Crippen LogP contribution in [0, 0.1) is 26.6 Å². The van der Waals surface area contributed by atoms with Gasteiger partial charge in [0.15, 0.2) is 5.82 Å². The largest absolute Gasteiger partial charge is 0.322 e. The molecule has 2 atom stereocenters. The Morgan fingerprint density at radius 3 is 2.47 bits per heavy atom. The smallest absolute Gasteiger partial charge is 0.258 e. The minimum atomic E-state index is -0.771. The number of hydrogen-bond acceptors (Lipinski definition) is 9. The number of aromatic nitrogens is 3. The summed E-state index contributed by atoms with van der Waals surface area (Å²) in [5.74, 6) is -0.217. The highest BCUT2D eigenvalue weighted by Gasteiger charge is 2.41. The first-order valence-corrected chi connectivity index (χ1v) is 18.5. The van der Waals surface area contributed by atoms with Crippen molar-refractivity contribution in [3.8, 4) is 5.00 Å². The predicted octanol–water partition coefficient (Wildman–Crippen LogP) is 4.91. The van der Waals surface area contributed by atoms with Crippen LogP contribution in [0.1, 0.15) is 80.0 Å². The molecule has 11 nitrogen and oxygen atoms in total. The molecule has 0 bridgehead atoms. The van der Waals surface area contributed by atoms with E-state index >= 15 is 4.39 Å². The number of thiophene rings is 1. The summed E-state index contributed by atoms with van der Waals surface area (Å²) in [5.41, 5.74) is 5.72. The van der Waals surface area contributed by atoms with Crippen LogP contribution in [0.25, 0.3) is 5.00 Å². The quantitative estimate of drug-likeness (QED) is 0.269. The lowest BCUT2D eigenvalue weighted by Gasteiger charge is -2.35. The third-order valence-corrected chi connectivity index (χ3v) is 12.0. The number of fused-ring (bicyclic) bond motifs is 4. The maximum Gasteiger partial charge on any atom is 0.258 e. The monoisotopic (exact) mass is 728 g/mol. The minimum Gasteiger partial charge on any atom is -0.322 e. The number of carbonyl (C=O) groups excluding carboxylic acids is 3. The molecule has 2 fully saturated rings. The van der Waals surface area contributed by atoms with E-state index in [-0.39, 0.29) is 36.9 Å². The third kappa shape index (κ3) is 6.19. The van der Waals surface area contributed by atoms with Gasteiger partial charge in [-0.3, -0.25) is 34.2 Å². The number of carbonyl (C=O) groups is 3. The van der Waals surface area contributed by atoms with Gasteiger partial charge in [-0.1, -0.05) is 29.8 Å². The number of piperidine rings is 1. The average Bonchev–Trinajstić information content (AvgIpc) is 3.71. The lowest BCUT2D eigenvalue weighted by molar-refractivity contribution is -0.136. The SMILES string of the molecule is Cc1sc2c(c1C)C(c1ccc(Cl)cc1)=N[C@@H](CCN1CCN(Cc3cc(F)c4c(c3)CN(C3CCC(=O)NC3=O)C4=O)CC1)c1nnc(C)n1-2. The number of rotatable bonds is 7. The Morgan fingerprint density at radius 1 is 0.980 bits per heavy atom. The van der Waals surface area contributed by atoms with Crippen LogP contribution in [0.4, 0.5) is 4.39 Å². The molecule has 1 N–H and O–H groups in total. The molecule has 0 spiro atoms. The molecule has 3 amide bonds. The van der Waals surface area contributed by atoms with E-state index in [9.17, 15) is 14.4 Å². The van der Waals surface area contributed by atoms with Crippen molar-refractivity contribution in [2.75, 3.05) is 32.7 Å². The highest BCUT2D eigenvalue weighted by Crippen LogP contribution is 2.40. The van der Waals surface area contributed by atoms with Crippen molar-refractivity contribution in [1.82, 2.24) is 34.8 Å². The van der Waals surface area contributed by atoms with Gasteiger partial charge in [0, 0.05) is 73.3 Å². The number of imide groups is 1. The number of benzene rings is 2. The number of aliphatic imine (C=N–C) groups is 1. The molecule has 264 valence electrons. The van der Waals surface area contributed by atoms with E-state index in [1.807, 2.05) is 37.3 Å². The maximum atomic E-state index is 15.3. The fraction of sp³-hybridized carbons (Fsp3) is 0.405. The van der Waals surface area contributed by atoms with E-state index in [1.165, 1.54) is 21.4 Å². The molecule has 2 saturated heterocycles. The number of halogens is 2. The van der Waals surface area contributed by atoms with Crippen molar-refractivity contribution in [2.24, 2.45) is 4.99 Å². The topological polar surface area (TPSA) is 116 Å². The maximum absolute atomic E-state index is 15.3. The highest BCUT2D eigenvalue weighted by molar-refractivity contribution is 7.15. The Kier molecular flexibility index (Phi) is 8.85. The second kappa shape index (κ2) is 13.4. The number of nitrogens with zero attached hydrogens (tertiary/aromatic N) is 7. The Labute approximate surface area is 304 Å². The van der Waals surface area contributed by atoms with E-state index < -0.39 is 23.7 Å². The second-order valence-corrected chi connectivity index (χ2v) is 15.5. The molecule has 2 aromatic heterocycles. The van der Waals surface area contributed by atoms with Crippen molar-refractivity contribution in [3.63, 3.8) is 0 Å². The minimum absolute atomic E-state index is 0.0278. The van der Waals surface area contributed by atoms with Gasteiger partial charge in [-0.05, 0) is 68.5 Å². The second-order valence-electron chi connectivity index (χ2n) is 13.8. The summed E-state index contributed by atoms with van der Waals surface area (Å²) >= 11 is 8.02. The summed E-state index contributed by atoms with van der Waals surface area (Å²) < 4.78 is 17.5. The lowest BCUT2D eigenvalue weighted by Crippen LogP contribution is -2.52. The molecule has 8 rings (SSSR count). The zero-order valence-electron chi connectivity index (χ0n) is 28.7. The van der Waals surface area contributed by atoms with Gasteiger partial charge in [0.1, 0.15) is 28.7 Å². The normalized spacial score (nSPS) is 20.9. The first-order chi connectivity index (χ1) is 24.5. The third-order valence-electron chi connectivity index (χ3n) is 10.6. The molecule has 4 aliphatic heterocycles. The summed E-state index contributed by atoms with van der Waals surface area (Å²) in [4.78, 5) is 49.9. The van der Waals surface area contributed by atoms with Gasteiger partial charge in [0.25, 0.3) is 5.91 Å². The van der Waals surface area contributed by atoms with Crippen LogP contribution < -0.4 is 5.32 Å². The van der Waals surface area contributed by atoms with Crippen LogP contribution >= 0.6 is 22.9 Å². The molecule has 1 unspecified atom stereocenters. The molecule has 51 heavy (non-hydrogen) atoms. The molecule has 6 heterocycles. The summed E-state index contributed by atoms with van der Waals surface area (Å²) in [6, 6.07) is 10.3. The van der Waals surface area contributed by atoms with Crippen LogP contribution in [0.3, 0.4) is 0 Å². The molecule has 0 saturated carbocycles. The van der Waals surface area contributed by atoms with Gasteiger partial charge < -0.3 is 9.80 Å². The van der Waals surface area contributed by atoms with Crippen LogP contribution in [-0.4, -0.2) is 91.7 Å². The number of amides is 3. The number of hydrogen-bond donors (Lipinski definition) is 1. The molecule has 2 aromatic carbocycles. The van der Waals surface area contributed by atoms with Crippen molar-refractivity contribution < 1.29 is 18.8 Å². The average molecular weight is 729 g/mol. The molecule has 4 aromatic rings. The fourth-order valence-corrected chi connectivity index (χ4v) is 9.07. The van der Waals surface area contributed by atoms with Crippen LogP contribution in [0.15, 0.2) is 41.4 Å². The van der Waals surface area contributed by atoms with E-state index in [4.69, 9.17) is 16.6 Å². The first kappa shape index (κ1) is 33.8. The summed E-state index contributed by atoms with van der Waals surface area (Å²) in [6.45, 7) is 11.2. The Balaban J connectivity index is 0.943. The zero-order valence-corrected chi connectivity index (χ0v) is 30.3. The van der Waals surface area contributed by atoms with Crippen LogP contribution in [0.2, 0.25) is 5.02 Å². The zero-order chi connectivity index (χ0) is 35.6. The Hall–Kier alpha value is -4.30. The fourth-order valence-electron chi connectivity index (χ4n) is 7.73. The lowest BCUT2D eigenvalue weighted by atomic mass is 9.99. The Morgan fingerprint density at radius 2 is 1.73 bits per heavy atom. The first-order valence-electron chi connectivity index (χ1n) is 17.3. The number of aryl methyl sites for hydroxylation is 2. The standard InChI is InChI=1S/C37H38ClFN8O3S/c1-20-21(2)51-37-31(20)33(24-4-6-26(38)7-5-24)40-28(34-43-42-22(3)47(34)37)10-11-44-12-14-45(15-13-44)18-23-16-25-19-46(36(50)32(25)27(39)17-23)29-8-9-30(48)41-35(29)49/h4-7,16-17,28-29H,8-15,18-19H2,1-3H3,(H,41,48,49)/t28-,29?/m0/s1. The van der Waals surface area contributed by atoms with Crippen LogP contribution in [0.5, 0.6) is 0 Å². The van der Waals surface area contributed by atoms with E-state index in [2.05, 4.69) is 43.7 Å². The van der Waals surface area contributed by atoms with Gasteiger partial charge in [-0.15, -0.1) is 21.5 Å². The molecule has 4 aliphatic rings. The van der Waals surface area contributed by atoms with Gasteiger partial charge in [-0.25, -0.2) is 4.39 Å². The van der Waals surface area contributed by atoms with Gasteiger partial charge in [0.05, 0.1) is 11.3 Å². The van der Waals surface area contributed by atoms with Gasteiger partial charge in [0.2, 0.25) is 11.8 Å². The summed E-state index contributed by atoms with van der Waals surface area (Å²) in [5, 5.41) is 13.2. The predicted molar refractivity (Wildman–Crippen MR) is 192 cm³/mol. The van der Waals surface area contributed by atoms with Gasteiger partial charge in [-0.2, -0.15) is 0 Å². The molecular weight excluding hydrogens is 691 g/mol. The molecule has 14 heteroatoms. The number of piperazine rings is 1. The van der Waals surface area contributed by atoms with Gasteiger partial charge >= 0.3 is 0 Å². The van der Waals surface area contributed by atoms with E-state index in [0.29, 0.717) is 17.1 Å². The van der Waals surface area contributed by atoms with E-state index in [1.54, 1.807) is 11.3 Å². The number of nitrogens with one attached hydrogen (secondary N) is 1. The summed E-state index contributed by atoms with van der Waals surface area (Å²) in [7, 11) is 0.